The molecule has 16 heteroatoms. The number of oxazole rings is 2. The molecule has 2 aromatic carbocycles. The normalized spacial score (nSPS) is 22.0. The Morgan fingerprint density at radius 1 is 0.873 bits per heavy atom. The summed E-state index contributed by atoms with van der Waals surface area (Å²) in [5, 5.41) is 18.4. The summed E-state index contributed by atoms with van der Waals surface area (Å²) in [7, 11) is 0. The first-order valence-electron chi connectivity index (χ1n) is 18.1. The van der Waals surface area contributed by atoms with Crippen LogP contribution in [0.1, 0.15) is 94.4 Å². The van der Waals surface area contributed by atoms with Crippen molar-refractivity contribution in [3.8, 4) is 11.3 Å². The molecule has 0 saturated carbocycles. The predicted molar refractivity (Wildman–Crippen MR) is 196 cm³/mol. The third-order valence-corrected chi connectivity index (χ3v) is 9.61. The summed E-state index contributed by atoms with van der Waals surface area (Å²) >= 11 is 0. The molecule has 3 aromatic heterocycles. The first-order valence-corrected chi connectivity index (χ1v) is 18.1. The van der Waals surface area contributed by atoms with Gasteiger partial charge in [0.1, 0.15) is 36.7 Å². The number of aromatic nitrogens is 4. The number of nitrogens with one attached hydrogen (secondary N) is 5. The average molecular weight is 748 g/mol. The van der Waals surface area contributed by atoms with Crippen LogP contribution >= 0.6 is 0 Å². The van der Waals surface area contributed by atoms with Gasteiger partial charge in [0.05, 0.1) is 5.69 Å². The number of amides is 5. The number of benzene rings is 2. The maximum absolute atomic E-state index is 14.3. The third kappa shape index (κ3) is 8.32. The predicted octanol–water partition coefficient (Wildman–Crippen LogP) is 3.50. The minimum atomic E-state index is -1.05. The Balaban J connectivity index is 1.20. The Morgan fingerprint density at radius 3 is 2.33 bits per heavy atom. The minimum absolute atomic E-state index is 0.00702. The van der Waals surface area contributed by atoms with Gasteiger partial charge in [-0.3, -0.25) is 29.1 Å². The molecule has 2 aliphatic rings. The Hall–Kier alpha value is -6.58. The van der Waals surface area contributed by atoms with Crippen LogP contribution in [0.2, 0.25) is 0 Å². The molecular weight excluding hydrogens is 706 g/mol. The van der Waals surface area contributed by atoms with E-state index in [2.05, 4.69) is 41.4 Å². The van der Waals surface area contributed by atoms with Gasteiger partial charge in [-0.05, 0) is 55.0 Å². The van der Waals surface area contributed by atoms with Gasteiger partial charge in [0.25, 0.3) is 17.7 Å². The molecule has 1 fully saturated rings. The lowest BCUT2D eigenvalue weighted by atomic mass is 10.0. The molecule has 2 aliphatic heterocycles. The average Bonchev–Trinajstić information content (AvgIpc) is 4.01. The zero-order valence-corrected chi connectivity index (χ0v) is 30.4. The molecule has 1 saturated heterocycles. The summed E-state index contributed by atoms with van der Waals surface area (Å²) in [5.41, 5.74) is 2.74. The van der Waals surface area contributed by atoms with E-state index in [1.54, 1.807) is 37.4 Å². The number of nitrogens with zero attached hydrogens (tertiary/aromatic N) is 4. The first kappa shape index (κ1) is 36.8. The second-order valence-corrected chi connectivity index (χ2v) is 14.2. The standard InChI is InChI=1S/C39H41N9O7/c1-21(2)15-28-34(50)41-22(3)37-46-31(20-54-37)39(53)48-18-26(42-33(49)25-11-9-24(10-12-25)27-13-14-40-47-27)17-32(48)36(52)44-29(16-23-7-5-4-6-8-23)38-45-30(19-55-38)35(51)43-28/h4-14,19-22,26,28-29,32H,15-18H2,1-3H3,(H,40,47)(H,41,50)(H,42,49)(H,43,51)(H,44,52)/t22-,26+,28-,29+,32+/m1/s1. The number of H-pyrrole nitrogens is 1. The Kier molecular flexibility index (Phi) is 10.6. The molecule has 0 unspecified atom stereocenters. The number of hydrogen-bond acceptors (Lipinski definition) is 10. The van der Waals surface area contributed by atoms with E-state index in [0.717, 1.165) is 16.8 Å². The fraction of sp³-hybridized carbons (Fsp3) is 0.333. The summed E-state index contributed by atoms with van der Waals surface area (Å²) in [5.74, 6) is -2.45. The maximum Gasteiger partial charge on any atom is 0.276 e. The van der Waals surface area contributed by atoms with Crippen LogP contribution in [-0.2, 0) is 16.0 Å². The van der Waals surface area contributed by atoms with E-state index in [0.29, 0.717) is 12.0 Å². The van der Waals surface area contributed by atoms with Gasteiger partial charge in [-0.15, -0.1) is 0 Å². The number of aromatic amines is 1. The molecule has 0 radical (unpaired) electrons. The molecule has 5 aromatic rings. The van der Waals surface area contributed by atoms with Crippen LogP contribution in [0.25, 0.3) is 11.3 Å². The molecule has 16 nitrogen and oxygen atoms in total. The van der Waals surface area contributed by atoms with Crippen molar-refractivity contribution >= 4 is 29.5 Å². The van der Waals surface area contributed by atoms with E-state index in [1.165, 1.54) is 17.4 Å². The van der Waals surface area contributed by atoms with Crippen molar-refractivity contribution in [1.82, 2.24) is 46.3 Å². The molecule has 55 heavy (non-hydrogen) atoms. The summed E-state index contributed by atoms with van der Waals surface area (Å²) in [6.07, 6.45) is 4.65. The molecule has 7 rings (SSSR count). The highest BCUT2D eigenvalue weighted by atomic mass is 16.3. The van der Waals surface area contributed by atoms with Gasteiger partial charge in [-0.1, -0.05) is 56.3 Å². The molecule has 5 amide bonds. The Labute approximate surface area is 315 Å². The van der Waals surface area contributed by atoms with Gasteiger partial charge >= 0.3 is 0 Å². The molecule has 5 atom stereocenters. The first-order chi connectivity index (χ1) is 26.5. The monoisotopic (exact) mass is 747 g/mol. The van der Waals surface area contributed by atoms with E-state index in [1.807, 2.05) is 50.2 Å². The molecule has 284 valence electrons. The largest absolute Gasteiger partial charge is 0.446 e. The number of carbonyl (C=O) groups excluding carboxylic acids is 5. The molecule has 5 heterocycles. The van der Waals surface area contributed by atoms with Crippen molar-refractivity contribution in [2.24, 2.45) is 5.92 Å². The van der Waals surface area contributed by atoms with Gasteiger partial charge in [0, 0.05) is 30.8 Å². The summed E-state index contributed by atoms with van der Waals surface area (Å²) in [6.45, 7) is 5.48. The highest BCUT2D eigenvalue weighted by Crippen LogP contribution is 2.26. The van der Waals surface area contributed by atoms with Crippen molar-refractivity contribution in [3.63, 3.8) is 0 Å². The lowest BCUT2D eigenvalue weighted by Gasteiger charge is -2.25. The third-order valence-electron chi connectivity index (χ3n) is 9.61. The smallest absolute Gasteiger partial charge is 0.276 e. The van der Waals surface area contributed by atoms with Crippen molar-refractivity contribution < 1.29 is 32.8 Å². The number of rotatable bonds is 7. The van der Waals surface area contributed by atoms with Crippen LogP contribution < -0.4 is 21.3 Å². The lowest BCUT2D eigenvalue weighted by Crippen LogP contribution is -2.48. The Morgan fingerprint density at radius 2 is 1.60 bits per heavy atom. The summed E-state index contributed by atoms with van der Waals surface area (Å²) in [6, 6.07) is 13.9. The zero-order chi connectivity index (χ0) is 38.6. The van der Waals surface area contributed by atoms with Crippen molar-refractivity contribution in [2.75, 3.05) is 6.54 Å². The van der Waals surface area contributed by atoms with Crippen LogP contribution in [0.5, 0.6) is 0 Å². The number of hydrogen-bond donors (Lipinski definition) is 5. The lowest BCUT2D eigenvalue weighted by molar-refractivity contribution is -0.126. The van der Waals surface area contributed by atoms with Crippen molar-refractivity contribution in [3.05, 3.63) is 114 Å². The molecule has 0 spiro atoms. The van der Waals surface area contributed by atoms with Crippen molar-refractivity contribution in [2.45, 2.75) is 70.2 Å². The number of carbonyl (C=O) groups is 5. The second kappa shape index (κ2) is 15.8. The minimum Gasteiger partial charge on any atom is -0.446 e. The van der Waals surface area contributed by atoms with E-state index in [9.17, 15) is 24.0 Å². The fourth-order valence-corrected chi connectivity index (χ4v) is 6.81. The number of fused-ring (bicyclic) bond motifs is 5. The van der Waals surface area contributed by atoms with E-state index >= 15 is 0 Å². The van der Waals surface area contributed by atoms with Crippen LogP contribution in [0.3, 0.4) is 0 Å². The molecule has 4 bridgehead atoms. The zero-order valence-electron chi connectivity index (χ0n) is 30.4. The summed E-state index contributed by atoms with van der Waals surface area (Å²) in [4.78, 5) is 79.0. The highest BCUT2D eigenvalue weighted by molar-refractivity contribution is 5.98. The molecule has 5 N–H and O–H groups in total. The van der Waals surface area contributed by atoms with Gasteiger partial charge in [0.15, 0.2) is 11.4 Å². The van der Waals surface area contributed by atoms with Crippen LogP contribution in [0.4, 0.5) is 0 Å². The second-order valence-electron chi connectivity index (χ2n) is 14.2. The highest BCUT2D eigenvalue weighted by Gasteiger charge is 2.43. The van der Waals surface area contributed by atoms with Crippen LogP contribution in [-0.4, -0.2) is 79.3 Å². The van der Waals surface area contributed by atoms with Crippen LogP contribution in [0, 0.1) is 5.92 Å². The van der Waals surface area contributed by atoms with Crippen LogP contribution in [0.15, 0.2) is 88.2 Å². The Bertz CT molecular complexity index is 2160. The van der Waals surface area contributed by atoms with Crippen molar-refractivity contribution in [1.29, 1.82) is 0 Å². The van der Waals surface area contributed by atoms with E-state index in [4.69, 9.17) is 8.83 Å². The topological polar surface area (TPSA) is 217 Å². The molecular formula is C39H41N9O7. The van der Waals surface area contributed by atoms with Gasteiger partial charge in [-0.25, -0.2) is 9.97 Å². The molecule has 0 aliphatic carbocycles. The van der Waals surface area contributed by atoms with Gasteiger partial charge in [-0.2, -0.15) is 5.10 Å². The SMILES string of the molecule is CC(C)C[C@H]1NC(=O)c2coc(n2)[C@H](Cc2ccccc2)NC(=O)[C@@H]2C[C@H](NC(=O)c3ccc(-c4ccn[nH]4)cc3)CN2C(=O)c2coc(n2)[C@@H](C)NC1=O. The van der Waals surface area contributed by atoms with Gasteiger partial charge in [0.2, 0.25) is 23.6 Å². The maximum atomic E-state index is 14.3. The fourth-order valence-electron chi connectivity index (χ4n) is 6.81. The van der Waals surface area contributed by atoms with E-state index < -0.39 is 53.8 Å². The summed E-state index contributed by atoms with van der Waals surface area (Å²) < 4.78 is 11.5. The quantitative estimate of drug-likeness (QED) is 0.163. The van der Waals surface area contributed by atoms with Gasteiger partial charge < -0.3 is 35.0 Å². The van der Waals surface area contributed by atoms with E-state index in [-0.39, 0.29) is 54.4 Å².